The lowest BCUT2D eigenvalue weighted by Crippen LogP contribution is -2.27. The number of sulfone groups is 1. The molecule has 1 saturated carbocycles. The molecule has 22 heavy (non-hydrogen) atoms. The maximum Gasteiger partial charge on any atom is 0.230 e. The number of hydrogen-bond acceptors (Lipinski definition) is 6. The molecule has 1 aromatic heterocycles. The van der Waals surface area contributed by atoms with Crippen molar-refractivity contribution in [2.45, 2.75) is 30.3 Å². The molecule has 0 radical (unpaired) electrons. The van der Waals surface area contributed by atoms with Gasteiger partial charge >= 0.3 is 0 Å². The molecule has 1 atom stereocenters. The van der Waals surface area contributed by atoms with E-state index in [0.717, 1.165) is 6.54 Å². The van der Waals surface area contributed by atoms with E-state index >= 15 is 0 Å². The summed E-state index contributed by atoms with van der Waals surface area (Å²) < 4.78 is 24.9. The van der Waals surface area contributed by atoms with Gasteiger partial charge in [-0.3, -0.25) is 4.79 Å². The van der Waals surface area contributed by atoms with E-state index in [2.05, 4.69) is 15.5 Å². The molecule has 1 amide bonds. The van der Waals surface area contributed by atoms with Gasteiger partial charge in [-0.1, -0.05) is 11.8 Å². The molecule has 1 aliphatic carbocycles. The van der Waals surface area contributed by atoms with Gasteiger partial charge in [-0.05, 0) is 25.2 Å². The molecular weight excluding hydrogens is 324 g/mol. The van der Waals surface area contributed by atoms with Crippen LogP contribution in [0.3, 0.4) is 0 Å². The summed E-state index contributed by atoms with van der Waals surface area (Å²) in [4.78, 5) is 11.7. The van der Waals surface area contributed by atoms with E-state index in [0.29, 0.717) is 29.1 Å². The maximum absolute atomic E-state index is 11.7. The van der Waals surface area contributed by atoms with Crippen LogP contribution >= 0.6 is 11.8 Å². The monoisotopic (exact) mass is 344 g/mol. The van der Waals surface area contributed by atoms with Crippen LogP contribution in [0.2, 0.25) is 0 Å². The topological polar surface area (TPSA) is 93.9 Å². The summed E-state index contributed by atoms with van der Waals surface area (Å²) in [5.41, 5.74) is 0. The first-order chi connectivity index (χ1) is 10.4. The first kappa shape index (κ1) is 15.8. The first-order valence-electron chi connectivity index (χ1n) is 7.44. The third-order valence-electron chi connectivity index (χ3n) is 4.08. The molecule has 0 aromatic carbocycles. The lowest BCUT2D eigenvalue weighted by Gasteiger charge is -2.08. The normalized spacial score (nSPS) is 23.6. The summed E-state index contributed by atoms with van der Waals surface area (Å²) in [6.07, 6.45) is 3.02. The molecule has 1 aromatic rings. The van der Waals surface area contributed by atoms with E-state index in [-0.39, 0.29) is 23.3 Å². The van der Waals surface area contributed by atoms with Crippen molar-refractivity contribution >= 4 is 27.5 Å². The number of amides is 1. The van der Waals surface area contributed by atoms with E-state index < -0.39 is 9.84 Å². The van der Waals surface area contributed by atoms with Crippen molar-refractivity contribution in [1.29, 1.82) is 0 Å². The number of aromatic nitrogens is 3. The van der Waals surface area contributed by atoms with Gasteiger partial charge in [0, 0.05) is 19.5 Å². The SMILES string of the molecule is Cn1c(SCC(=O)NCC2CC2)nnc1C1CCS(=O)(=O)C1. The minimum absolute atomic E-state index is 0.00453. The number of carbonyl (C=O) groups is 1. The zero-order chi connectivity index (χ0) is 15.7. The molecule has 0 spiro atoms. The Morgan fingerprint density at radius 1 is 1.36 bits per heavy atom. The summed E-state index contributed by atoms with van der Waals surface area (Å²) in [5.74, 6) is 1.95. The quantitative estimate of drug-likeness (QED) is 0.748. The van der Waals surface area contributed by atoms with Gasteiger partial charge in [0.1, 0.15) is 5.82 Å². The van der Waals surface area contributed by atoms with E-state index in [9.17, 15) is 13.2 Å². The number of rotatable bonds is 6. The van der Waals surface area contributed by atoms with Crippen LogP contribution < -0.4 is 5.32 Å². The van der Waals surface area contributed by atoms with E-state index in [1.54, 1.807) is 0 Å². The summed E-state index contributed by atoms with van der Waals surface area (Å²) in [6, 6.07) is 0. The van der Waals surface area contributed by atoms with Crippen LogP contribution in [0.15, 0.2) is 5.16 Å². The van der Waals surface area contributed by atoms with Crippen LogP contribution in [0.4, 0.5) is 0 Å². The molecule has 2 aliphatic rings. The first-order valence-corrected chi connectivity index (χ1v) is 10.2. The van der Waals surface area contributed by atoms with Crippen molar-refractivity contribution in [3.05, 3.63) is 5.82 Å². The standard InChI is InChI=1S/C13H20N4O3S2/c1-17-12(10-4-5-22(19,20)8-10)15-16-13(17)21-7-11(18)14-6-9-2-3-9/h9-10H,2-8H2,1H3,(H,14,18). The second-order valence-electron chi connectivity index (χ2n) is 6.04. The van der Waals surface area contributed by atoms with Gasteiger partial charge < -0.3 is 9.88 Å². The Balaban J connectivity index is 1.55. The van der Waals surface area contributed by atoms with Gasteiger partial charge in [0.2, 0.25) is 5.91 Å². The maximum atomic E-state index is 11.7. The molecule has 1 saturated heterocycles. The second kappa shape index (κ2) is 6.19. The molecule has 1 aliphatic heterocycles. The number of nitrogens with zero attached hydrogens (tertiary/aromatic N) is 3. The molecule has 3 rings (SSSR count). The fourth-order valence-electron chi connectivity index (χ4n) is 2.57. The van der Waals surface area contributed by atoms with Crippen molar-refractivity contribution in [3.8, 4) is 0 Å². The van der Waals surface area contributed by atoms with Crippen molar-refractivity contribution in [1.82, 2.24) is 20.1 Å². The third kappa shape index (κ3) is 3.81. The summed E-state index contributed by atoms with van der Waals surface area (Å²) >= 11 is 1.33. The number of nitrogens with one attached hydrogen (secondary N) is 1. The lowest BCUT2D eigenvalue weighted by atomic mass is 10.1. The van der Waals surface area contributed by atoms with Crippen LogP contribution in [-0.4, -0.2) is 52.9 Å². The van der Waals surface area contributed by atoms with Crippen LogP contribution in [0.1, 0.15) is 31.0 Å². The Hall–Kier alpha value is -1.09. The fourth-order valence-corrected chi connectivity index (χ4v) is 5.05. The Bertz CT molecular complexity index is 667. The predicted molar refractivity (Wildman–Crippen MR) is 83.5 cm³/mol. The molecule has 122 valence electrons. The highest BCUT2D eigenvalue weighted by molar-refractivity contribution is 7.99. The summed E-state index contributed by atoms with van der Waals surface area (Å²) in [6.45, 7) is 0.767. The van der Waals surface area contributed by atoms with Crippen LogP contribution in [-0.2, 0) is 21.7 Å². The van der Waals surface area contributed by atoms with Gasteiger partial charge in [0.25, 0.3) is 0 Å². The summed E-state index contributed by atoms with van der Waals surface area (Å²) in [5, 5.41) is 11.8. The highest BCUT2D eigenvalue weighted by atomic mass is 32.2. The van der Waals surface area contributed by atoms with E-state index in [1.807, 2.05) is 11.6 Å². The molecule has 7 nitrogen and oxygen atoms in total. The van der Waals surface area contributed by atoms with Crippen molar-refractivity contribution in [3.63, 3.8) is 0 Å². The molecule has 0 bridgehead atoms. The second-order valence-corrected chi connectivity index (χ2v) is 9.21. The molecule has 1 N–H and O–H groups in total. The molecule has 9 heteroatoms. The van der Waals surface area contributed by atoms with Crippen molar-refractivity contribution < 1.29 is 13.2 Å². The van der Waals surface area contributed by atoms with E-state index in [1.165, 1.54) is 24.6 Å². The number of thioether (sulfide) groups is 1. The number of carbonyl (C=O) groups excluding carboxylic acids is 1. The third-order valence-corrected chi connectivity index (χ3v) is 6.87. The number of hydrogen-bond donors (Lipinski definition) is 1. The Labute approximate surface area is 134 Å². The smallest absolute Gasteiger partial charge is 0.230 e. The minimum Gasteiger partial charge on any atom is -0.355 e. The van der Waals surface area contributed by atoms with Gasteiger partial charge in [-0.15, -0.1) is 10.2 Å². The minimum atomic E-state index is -2.94. The summed E-state index contributed by atoms with van der Waals surface area (Å²) in [7, 11) is -1.11. The van der Waals surface area contributed by atoms with Gasteiger partial charge in [0.15, 0.2) is 15.0 Å². The highest BCUT2D eigenvalue weighted by Crippen LogP contribution is 2.29. The molecule has 2 heterocycles. The highest BCUT2D eigenvalue weighted by Gasteiger charge is 2.32. The fraction of sp³-hybridized carbons (Fsp3) is 0.769. The molecule has 1 unspecified atom stereocenters. The van der Waals surface area contributed by atoms with Crippen molar-refractivity contribution in [2.75, 3.05) is 23.8 Å². The van der Waals surface area contributed by atoms with Crippen LogP contribution in [0.25, 0.3) is 0 Å². The van der Waals surface area contributed by atoms with E-state index in [4.69, 9.17) is 0 Å². The Kier molecular flexibility index (Phi) is 4.44. The zero-order valence-corrected chi connectivity index (χ0v) is 14.1. The zero-order valence-electron chi connectivity index (χ0n) is 12.5. The molecule has 2 fully saturated rings. The predicted octanol–water partition coefficient (Wildman–Crippen LogP) is 0.336. The average Bonchev–Trinajstić information content (AvgIpc) is 3.13. The van der Waals surface area contributed by atoms with Crippen molar-refractivity contribution in [2.24, 2.45) is 13.0 Å². The van der Waals surface area contributed by atoms with Gasteiger partial charge in [-0.2, -0.15) is 0 Å². The Morgan fingerprint density at radius 2 is 2.14 bits per heavy atom. The van der Waals surface area contributed by atoms with Crippen LogP contribution in [0.5, 0.6) is 0 Å². The van der Waals surface area contributed by atoms with Gasteiger partial charge in [0.05, 0.1) is 17.3 Å². The Morgan fingerprint density at radius 3 is 2.77 bits per heavy atom. The van der Waals surface area contributed by atoms with Gasteiger partial charge in [-0.25, -0.2) is 8.42 Å². The average molecular weight is 344 g/mol. The largest absolute Gasteiger partial charge is 0.355 e. The lowest BCUT2D eigenvalue weighted by molar-refractivity contribution is -0.118. The van der Waals surface area contributed by atoms with Crippen LogP contribution in [0, 0.1) is 5.92 Å². The molecular formula is C13H20N4O3S2.